The Labute approximate surface area is 104 Å². The molecule has 6 nitrogen and oxygen atoms in total. The van der Waals surface area contributed by atoms with Crippen molar-refractivity contribution in [2.75, 3.05) is 27.2 Å². The Morgan fingerprint density at radius 1 is 1.47 bits per heavy atom. The normalized spacial score (nSPS) is 28.6. The minimum atomic E-state index is -4.50. The summed E-state index contributed by atoms with van der Waals surface area (Å²) in [5, 5.41) is 0. The maximum absolute atomic E-state index is 11.1. The van der Waals surface area contributed by atoms with Crippen LogP contribution in [0.25, 0.3) is 0 Å². The van der Waals surface area contributed by atoms with Crippen LogP contribution in [0.4, 0.5) is 0 Å². The molecule has 0 radical (unpaired) electrons. The van der Waals surface area contributed by atoms with Crippen molar-refractivity contribution in [3.8, 4) is 0 Å². The van der Waals surface area contributed by atoms with Crippen LogP contribution in [-0.4, -0.2) is 55.2 Å². The molecule has 0 aromatic rings. The Morgan fingerprint density at radius 3 is 2.47 bits per heavy atom. The van der Waals surface area contributed by atoms with E-state index in [-0.39, 0.29) is 12.3 Å². The van der Waals surface area contributed by atoms with Gasteiger partial charge < -0.3 is 18.8 Å². The number of hydrogen-bond donors (Lipinski definition) is 3. The van der Waals surface area contributed by atoms with Crippen molar-refractivity contribution >= 4 is 18.7 Å². The molecule has 0 aliphatic carbocycles. The molecular formula is C9H21NO5PS+. The minimum absolute atomic E-state index is 0.104. The van der Waals surface area contributed by atoms with E-state index in [4.69, 9.17) is 14.3 Å². The van der Waals surface area contributed by atoms with Gasteiger partial charge in [-0.1, -0.05) is 0 Å². The molecule has 0 bridgehead atoms. The van der Waals surface area contributed by atoms with E-state index in [1.54, 1.807) is 0 Å². The van der Waals surface area contributed by atoms with E-state index >= 15 is 0 Å². The number of piperidine rings is 1. The monoisotopic (exact) mass is 286 g/mol. The van der Waals surface area contributed by atoms with Crippen molar-refractivity contribution in [1.29, 1.82) is 0 Å². The molecule has 17 heavy (non-hydrogen) atoms. The van der Waals surface area contributed by atoms with Crippen LogP contribution >= 0.6 is 7.60 Å². The van der Waals surface area contributed by atoms with E-state index in [1.807, 2.05) is 0 Å². The first kappa shape index (κ1) is 15.3. The molecule has 0 aromatic heterocycles. The van der Waals surface area contributed by atoms with Crippen LogP contribution in [0.2, 0.25) is 0 Å². The molecule has 8 heteroatoms. The van der Waals surface area contributed by atoms with Gasteiger partial charge >= 0.3 is 7.60 Å². The summed E-state index contributed by atoms with van der Waals surface area (Å²) in [4.78, 5) is 16.7. The van der Waals surface area contributed by atoms with E-state index in [2.05, 4.69) is 14.1 Å². The van der Waals surface area contributed by atoms with Crippen LogP contribution in [0.15, 0.2) is 0 Å². The highest BCUT2D eigenvalue weighted by Gasteiger charge is 2.39. The third kappa shape index (κ3) is 4.77. The van der Waals surface area contributed by atoms with Gasteiger partial charge in [-0.05, 0) is 19.3 Å². The summed E-state index contributed by atoms with van der Waals surface area (Å²) in [7, 11) is -0.369. The number of likely N-dealkylation sites (tertiary alicyclic amines) is 1. The highest BCUT2D eigenvalue weighted by Crippen LogP contribution is 2.46. The molecule has 0 saturated carbocycles. The number of rotatable bonds is 4. The van der Waals surface area contributed by atoms with Gasteiger partial charge in [0.2, 0.25) is 0 Å². The molecule has 1 aliphatic heterocycles. The summed E-state index contributed by atoms with van der Waals surface area (Å²) < 4.78 is 31.9. The Morgan fingerprint density at radius 2 is 2.06 bits per heavy atom. The second-order valence-corrected chi connectivity index (χ2v) is 8.68. The minimum Gasteiger partial charge on any atom is -0.328 e. The van der Waals surface area contributed by atoms with Crippen LogP contribution in [0, 0.1) is 5.92 Å². The van der Waals surface area contributed by atoms with E-state index < -0.39 is 23.7 Å². The quantitative estimate of drug-likeness (QED) is 0.399. The van der Waals surface area contributed by atoms with Crippen molar-refractivity contribution < 1.29 is 27.6 Å². The molecule has 3 unspecified atom stereocenters. The lowest BCUT2D eigenvalue weighted by molar-refractivity contribution is -0.898. The topological polar surface area (TPSA) is 94.8 Å². The molecule has 1 rings (SSSR count). The average Bonchev–Trinajstić information content (AvgIpc) is 2.10. The van der Waals surface area contributed by atoms with Crippen molar-refractivity contribution in [1.82, 2.24) is 0 Å². The SMILES string of the molecule is C[N+]1(C)CCCC(CC(S(=O)O)P(=O)(O)O)C1. The zero-order valence-electron chi connectivity index (χ0n) is 10.2. The summed E-state index contributed by atoms with van der Waals surface area (Å²) in [6.45, 7) is 1.84. The van der Waals surface area contributed by atoms with E-state index in [0.29, 0.717) is 0 Å². The predicted octanol–water partition coefficient (Wildman–Crippen LogP) is 0.588. The zero-order chi connectivity index (χ0) is 13.3. The molecule has 102 valence electrons. The van der Waals surface area contributed by atoms with E-state index in [9.17, 15) is 8.77 Å². The third-order valence-electron chi connectivity index (χ3n) is 3.27. The highest BCUT2D eigenvalue weighted by molar-refractivity contribution is 7.88. The van der Waals surface area contributed by atoms with Crippen LogP contribution in [-0.2, 0) is 15.6 Å². The molecule has 3 atom stereocenters. The van der Waals surface area contributed by atoms with E-state index in [1.165, 1.54) is 0 Å². The Hall–Kier alpha value is 0.220. The average molecular weight is 286 g/mol. The Bertz CT molecular complexity index is 342. The number of quaternary nitrogens is 1. The van der Waals surface area contributed by atoms with E-state index in [0.717, 1.165) is 30.4 Å². The molecule has 3 N–H and O–H groups in total. The number of hydrogen-bond acceptors (Lipinski definition) is 2. The van der Waals surface area contributed by atoms with Crippen molar-refractivity contribution in [2.24, 2.45) is 5.92 Å². The fourth-order valence-corrected chi connectivity index (χ4v) is 4.45. The zero-order valence-corrected chi connectivity index (χ0v) is 11.9. The first-order valence-electron chi connectivity index (χ1n) is 5.59. The van der Waals surface area contributed by atoms with Gasteiger partial charge in [0.05, 0.1) is 27.2 Å². The molecule has 1 fully saturated rings. The second kappa shape index (κ2) is 5.47. The predicted molar refractivity (Wildman–Crippen MR) is 65.8 cm³/mol. The summed E-state index contributed by atoms with van der Waals surface area (Å²) in [6, 6.07) is 0. The van der Waals surface area contributed by atoms with Crippen LogP contribution in [0.5, 0.6) is 0 Å². The highest BCUT2D eigenvalue weighted by atomic mass is 32.2. The Balaban J connectivity index is 2.68. The number of nitrogens with zero attached hydrogens (tertiary/aromatic N) is 1. The van der Waals surface area contributed by atoms with Gasteiger partial charge in [-0.3, -0.25) is 4.57 Å². The first-order valence-corrected chi connectivity index (χ1v) is 8.44. The third-order valence-corrected chi connectivity index (χ3v) is 6.26. The summed E-state index contributed by atoms with van der Waals surface area (Å²) in [5.41, 5.74) is 0. The molecular weight excluding hydrogens is 265 g/mol. The molecule has 1 aliphatic rings. The smallest absolute Gasteiger partial charge is 0.328 e. The van der Waals surface area contributed by atoms with Crippen LogP contribution in [0.3, 0.4) is 0 Å². The van der Waals surface area contributed by atoms with Gasteiger partial charge in [-0.2, -0.15) is 0 Å². The second-order valence-electron chi connectivity index (χ2n) is 5.41. The Kier molecular flexibility index (Phi) is 4.91. The van der Waals surface area contributed by atoms with Gasteiger partial charge in [0, 0.05) is 5.92 Å². The van der Waals surface area contributed by atoms with Gasteiger partial charge in [-0.25, -0.2) is 4.21 Å². The standard InChI is InChI=1S/C9H20NO5PS/c1-10(2)5-3-4-8(7-10)6-9(17(14)15)16(11,12)13/h8-9H,3-7H2,1-2H3,(H2-,11,12,13,14,15)/p+1. The molecule has 0 aromatic carbocycles. The van der Waals surface area contributed by atoms with Gasteiger partial charge in [0.1, 0.15) is 0 Å². The van der Waals surface area contributed by atoms with Crippen molar-refractivity contribution in [3.63, 3.8) is 0 Å². The fraction of sp³-hybridized carbons (Fsp3) is 1.00. The van der Waals surface area contributed by atoms with Crippen molar-refractivity contribution in [2.45, 2.75) is 24.3 Å². The van der Waals surface area contributed by atoms with Gasteiger partial charge in [0.25, 0.3) is 0 Å². The lowest BCUT2D eigenvalue weighted by atomic mass is 9.94. The first-order chi connectivity index (χ1) is 7.62. The largest absolute Gasteiger partial charge is 0.343 e. The van der Waals surface area contributed by atoms with Crippen LogP contribution < -0.4 is 0 Å². The maximum atomic E-state index is 11.1. The molecule has 0 amide bonds. The van der Waals surface area contributed by atoms with Crippen molar-refractivity contribution in [3.05, 3.63) is 0 Å². The lowest BCUT2D eigenvalue weighted by Crippen LogP contribution is -2.48. The summed E-state index contributed by atoms with van der Waals surface area (Å²) >= 11 is -2.47. The molecule has 0 spiro atoms. The summed E-state index contributed by atoms with van der Waals surface area (Å²) in [5.74, 6) is 0.104. The fourth-order valence-electron chi connectivity index (χ4n) is 2.50. The molecule has 1 heterocycles. The van der Waals surface area contributed by atoms with Gasteiger partial charge in [-0.15, -0.1) is 0 Å². The summed E-state index contributed by atoms with van der Waals surface area (Å²) in [6.07, 6.45) is 1.98. The molecule has 1 saturated heterocycles. The van der Waals surface area contributed by atoms with Crippen LogP contribution in [0.1, 0.15) is 19.3 Å². The maximum Gasteiger partial charge on any atom is 0.343 e. The lowest BCUT2D eigenvalue weighted by Gasteiger charge is -2.38. The van der Waals surface area contributed by atoms with Gasteiger partial charge in [0.15, 0.2) is 16.1 Å².